The molecule has 2 aliphatic heterocycles. The fourth-order valence-electron chi connectivity index (χ4n) is 4.83. The second-order valence-electron chi connectivity index (χ2n) is 9.54. The van der Waals surface area contributed by atoms with E-state index in [0.29, 0.717) is 22.3 Å². The van der Waals surface area contributed by atoms with Crippen LogP contribution in [0.5, 0.6) is 5.75 Å². The Hall–Kier alpha value is -4.14. The van der Waals surface area contributed by atoms with Crippen LogP contribution in [-0.4, -0.2) is 40.1 Å². The Labute approximate surface area is 240 Å². The van der Waals surface area contributed by atoms with Crippen LogP contribution in [0.3, 0.4) is 0 Å². The van der Waals surface area contributed by atoms with E-state index >= 15 is 0 Å². The van der Waals surface area contributed by atoms with Gasteiger partial charge in [0, 0.05) is 23.6 Å². The third-order valence-electron chi connectivity index (χ3n) is 6.92. The molecule has 0 saturated heterocycles. The summed E-state index contributed by atoms with van der Waals surface area (Å²) in [5.74, 6) is 0.158. The highest BCUT2D eigenvalue weighted by molar-refractivity contribution is 8.15. The number of nitrogens with zero attached hydrogens (tertiary/aromatic N) is 3. The average Bonchev–Trinajstić information content (AvgIpc) is 3.58. The van der Waals surface area contributed by atoms with Crippen molar-refractivity contribution in [2.45, 2.75) is 24.1 Å². The first-order valence-electron chi connectivity index (χ1n) is 12.8. The molecule has 0 unspecified atom stereocenters. The molecule has 1 N–H and O–H groups in total. The van der Waals surface area contributed by atoms with Gasteiger partial charge >= 0.3 is 0 Å². The van der Waals surface area contributed by atoms with E-state index in [2.05, 4.69) is 40.6 Å². The van der Waals surface area contributed by atoms with Crippen molar-refractivity contribution >= 4 is 62.5 Å². The summed E-state index contributed by atoms with van der Waals surface area (Å²) < 4.78 is 5.34. The number of aliphatic imine (C=N–C) groups is 1. The molecule has 0 fully saturated rings. The van der Waals surface area contributed by atoms with E-state index < -0.39 is 5.25 Å². The maximum Gasteiger partial charge on any atom is 0.262 e. The summed E-state index contributed by atoms with van der Waals surface area (Å²) in [4.78, 5) is 30.0. The Morgan fingerprint density at radius 2 is 1.77 bits per heavy atom. The van der Waals surface area contributed by atoms with Crippen molar-refractivity contribution in [2.75, 3.05) is 12.4 Å². The van der Waals surface area contributed by atoms with Gasteiger partial charge in [-0.3, -0.25) is 9.59 Å². The summed E-state index contributed by atoms with van der Waals surface area (Å²) >= 11 is 7.21. The molecule has 4 aromatic carbocycles. The molecule has 40 heavy (non-hydrogen) atoms. The Morgan fingerprint density at radius 1 is 1.02 bits per heavy atom. The quantitative estimate of drug-likeness (QED) is 0.280. The third-order valence-corrected chi connectivity index (χ3v) is 8.31. The number of ether oxygens (including phenoxy) is 1. The lowest BCUT2D eigenvalue weighted by Gasteiger charge is -2.23. The summed E-state index contributed by atoms with van der Waals surface area (Å²) in [6.45, 7) is 0. The zero-order valence-electron chi connectivity index (χ0n) is 21.6. The van der Waals surface area contributed by atoms with Crippen molar-refractivity contribution in [3.05, 3.63) is 107 Å². The highest BCUT2D eigenvalue weighted by Gasteiger charge is 2.39. The van der Waals surface area contributed by atoms with Crippen molar-refractivity contribution in [2.24, 2.45) is 10.1 Å². The number of rotatable bonds is 6. The van der Waals surface area contributed by atoms with Crippen LogP contribution in [0.25, 0.3) is 10.8 Å². The number of benzene rings is 4. The molecular weight excluding hydrogens is 544 g/mol. The molecule has 6 rings (SSSR count). The molecule has 2 amide bonds. The van der Waals surface area contributed by atoms with Crippen LogP contribution in [-0.2, 0) is 9.59 Å². The van der Waals surface area contributed by atoms with Crippen LogP contribution < -0.4 is 10.1 Å². The van der Waals surface area contributed by atoms with Crippen LogP contribution >= 0.6 is 23.4 Å². The molecule has 2 aliphatic rings. The van der Waals surface area contributed by atoms with Gasteiger partial charge in [0.15, 0.2) is 5.17 Å². The first kappa shape index (κ1) is 26.1. The van der Waals surface area contributed by atoms with Crippen LogP contribution in [0.2, 0.25) is 5.02 Å². The normalized spacial score (nSPS) is 18.6. The highest BCUT2D eigenvalue weighted by Crippen LogP contribution is 2.39. The number of fused-ring (bicyclic) bond motifs is 1. The van der Waals surface area contributed by atoms with Gasteiger partial charge in [0.05, 0.1) is 18.9 Å². The number of methoxy groups -OCH3 is 1. The van der Waals surface area contributed by atoms with Gasteiger partial charge in [0.25, 0.3) is 5.91 Å². The summed E-state index contributed by atoms with van der Waals surface area (Å²) in [6.07, 6.45) is 0.640. The average molecular weight is 569 g/mol. The minimum atomic E-state index is -0.626. The van der Waals surface area contributed by atoms with Crippen LogP contribution in [0.4, 0.5) is 5.69 Å². The summed E-state index contributed by atoms with van der Waals surface area (Å²) in [7, 11) is 1.64. The van der Waals surface area contributed by atoms with E-state index in [9.17, 15) is 9.59 Å². The Balaban J connectivity index is 1.25. The lowest BCUT2D eigenvalue weighted by atomic mass is 9.97. The lowest BCUT2D eigenvalue weighted by Crippen LogP contribution is -2.25. The van der Waals surface area contributed by atoms with Crippen molar-refractivity contribution in [3.8, 4) is 5.75 Å². The number of carbonyl (C=O) groups excluding carboxylic acids is 2. The minimum absolute atomic E-state index is 0.00140. The molecule has 200 valence electrons. The number of thioether (sulfide) groups is 1. The molecular formula is C31H25ClN4O3S. The Kier molecular flexibility index (Phi) is 7.28. The Bertz CT molecular complexity index is 1650. The minimum Gasteiger partial charge on any atom is -0.497 e. The largest absolute Gasteiger partial charge is 0.497 e. The predicted molar refractivity (Wildman–Crippen MR) is 161 cm³/mol. The van der Waals surface area contributed by atoms with Gasteiger partial charge in [-0.05, 0) is 64.4 Å². The SMILES string of the molecule is COc1ccc([C@@H]2CC(c3ccc4ccccc4c3)=NN2C2=NC(=O)[C@H](CC(=O)Nc3ccc(Cl)cc3)S2)cc1. The number of hydrogen-bond acceptors (Lipinski definition) is 6. The zero-order valence-corrected chi connectivity index (χ0v) is 23.2. The molecule has 0 aromatic heterocycles. The number of amides is 2. The molecule has 0 radical (unpaired) electrons. The number of amidine groups is 1. The smallest absolute Gasteiger partial charge is 0.262 e. The predicted octanol–water partition coefficient (Wildman–Crippen LogP) is 6.68. The van der Waals surface area contributed by atoms with Gasteiger partial charge < -0.3 is 10.1 Å². The molecule has 0 spiro atoms. The van der Waals surface area contributed by atoms with Crippen LogP contribution in [0.1, 0.15) is 30.0 Å². The molecule has 7 nitrogen and oxygen atoms in total. The first-order valence-corrected chi connectivity index (χ1v) is 14.1. The monoisotopic (exact) mass is 568 g/mol. The van der Waals surface area contributed by atoms with E-state index in [1.807, 2.05) is 41.4 Å². The maximum atomic E-state index is 12.9. The van der Waals surface area contributed by atoms with Gasteiger partial charge in [-0.15, -0.1) is 0 Å². The molecule has 0 bridgehead atoms. The van der Waals surface area contributed by atoms with Crippen LogP contribution in [0, 0.1) is 0 Å². The van der Waals surface area contributed by atoms with Crippen LogP contribution in [0.15, 0.2) is 101 Å². The third kappa shape index (κ3) is 5.46. The molecule has 2 heterocycles. The maximum absolute atomic E-state index is 12.9. The number of anilines is 1. The molecule has 0 aliphatic carbocycles. The van der Waals surface area contributed by atoms with Gasteiger partial charge in [0.2, 0.25) is 5.91 Å². The fraction of sp³-hybridized carbons (Fsp3) is 0.161. The first-order chi connectivity index (χ1) is 19.5. The van der Waals surface area contributed by atoms with E-state index in [1.54, 1.807) is 31.4 Å². The zero-order chi connectivity index (χ0) is 27.6. The van der Waals surface area contributed by atoms with Crippen molar-refractivity contribution in [1.82, 2.24) is 5.01 Å². The number of hydrogen-bond donors (Lipinski definition) is 1. The van der Waals surface area contributed by atoms with Crippen molar-refractivity contribution < 1.29 is 14.3 Å². The van der Waals surface area contributed by atoms with Crippen molar-refractivity contribution in [3.63, 3.8) is 0 Å². The second kappa shape index (κ2) is 11.2. The number of nitrogens with one attached hydrogen (secondary N) is 1. The summed E-state index contributed by atoms with van der Waals surface area (Å²) in [5, 5.41) is 12.4. The standard InChI is InChI=1S/C31H25ClN4O3S/c1-39-25-14-8-20(9-15-25)27-17-26(22-7-6-19-4-2-3-5-21(19)16-22)35-36(27)31-34-30(38)28(40-31)18-29(37)33-24-12-10-23(32)11-13-24/h2-16,27-28H,17-18H2,1H3,(H,33,37)/t27-,28-/m0/s1. The van der Waals surface area contributed by atoms with Crippen molar-refractivity contribution in [1.29, 1.82) is 0 Å². The topological polar surface area (TPSA) is 83.4 Å². The fourth-order valence-corrected chi connectivity index (χ4v) is 6.02. The summed E-state index contributed by atoms with van der Waals surface area (Å²) in [6, 6.07) is 29.1. The number of hydrazone groups is 1. The van der Waals surface area contributed by atoms with E-state index in [-0.39, 0.29) is 24.3 Å². The number of carbonyl (C=O) groups is 2. The molecule has 9 heteroatoms. The highest BCUT2D eigenvalue weighted by atomic mass is 35.5. The van der Waals surface area contributed by atoms with Gasteiger partial charge in [-0.2, -0.15) is 10.1 Å². The number of halogens is 1. The van der Waals surface area contributed by atoms with Gasteiger partial charge in [0.1, 0.15) is 11.0 Å². The van der Waals surface area contributed by atoms with Gasteiger partial charge in [-0.25, -0.2) is 5.01 Å². The summed E-state index contributed by atoms with van der Waals surface area (Å²) in [5.41, 5.74) is 3.58. The Morgan fingerprint density at radius 3 is 2.52 bits per heavy atom. The molecule has 4 aromatic rings. The van der Waals surface area contributed by atoms with E-state index in [1.165, 1.54) is 11.8 Å². The van der Waals surface area contributed by atoms with E-state index in [4.69, 9.17) is 21.4 Å². The molecule has 0 saturated carbocycles. The molecule has 2 atom stereocenters. The second-order valence-corrected chi connectivity index (χ2v) is 11.2. The van der Waals surface area contributed by atoms with Gasteiger partial charge in [-0.1, -0.05) is 71.9 Å². The van der Waals surface area contributed by atoms with E-state index in [0.717, 1.165) is 33.4 Å². The lowest BCUT2D eigenvalue weighted by molar-refractivity contribution is -0.121.